The van der Waals surface area contributed by atoms with Gasteiger partial charge in [-0.3, -0.25) is 4.79 Å². The summed E-state index contributed by atoms with van der Waals surface area (Å²) < 4.78 is 5.50. The average Bonchev–Trinajstić information content (AvgIpc) is 2.60. The standard InChI is InChI=1S/C13H22O2/c1-2-3-4-11-5-8-13(9-6-11)10-7-12(14)15-13/h11H,2-10H2,1H3. The molecule has 1 aliphatic carbocycles. The smallest absolute Gasteiger partial charge is 0.306 e. The Morgan fingerprint density at radius 1 is 1.33 bits per heavy atom. The van der Waals surface area contributed by atoms with Crippen molar-refractivity contribution in [2.75, 3.05) is 0 Å². The Morgan fingerprint density at radius 3 is 2.60 bits per heavy atom. The van der Waals surface area contributed by atoms with Gasteiger partial charge in [0.1, 0.15) is 5.60 Å². The Hall–Kier alpha value is -0.530. The molecule has 2 aliphatic rings. The molecular weight excluding hydrogens is 188 g/mol. The van der Waals surface area contributed by atoms with Crippen LogP contribution in [0.2, 0.25) is 0 Å². The zero-order chi connectivity index (χ0) is 10.7. The van der Waals surface area contributed by atoms with Crippen LogP contribution in [0.25, 0.3) is 0 Å². The van der Waals surface area contributed by atoms with Gasteiger partial charge in [0.15, 0.2) is 0 Å². The Bertz CT molecular complexity index is 227. The minimum Gasteiger partial charge on any atom is -0.459 e. The third-order valence-electron chi connectivity index (χ3n) is 4.10. The summed E-state index contributed by atoms with van der Waals surface area (Å²) in [4.78, 5) is 11.1. The fourth-order valence-electron chi connectivity index (χ4n) is 3.01. The van der Waals surface area contributed by atoms with Crippen LogP contribution in [-0.4, -0.2) is 11.6 Å². The third-order valence-corrected chi connectivity index (χ3v) is 4.10. The molecule has 1 spiro atoms. The fraction of sp³-hybridized carbons (Fsp3) is 0.923. The zero-order valence-corrected chi connectivity index (χ0v) is 9.76. The summed E-state index contributed by atoms with van der Waals surface area (Å²) in [6.45, 7) is 2.25. The molecule has 0 aromatic heterocycles. The fourth-order valence-corrected chi connectivity index (χ4v) is 3.01. The van der Waals surface area contributed by atoms with Gasteiger partial charge in [0.25, 0.3) is 0 Å². The van der Waals surface area contributed by atoms with Gasteiger partial charge in [0.05, 0.1) is 0 Å². The van der Waals surface area contributed by atoms with Gasteiger partial charge in [-0.05, 0) is 38.0 Å². The molecular formula is C13H22O2. The van der Waals surface area contributed by atoms with E-state index >= 15 is 0 Å². The van der Waals surface area contributed by atoms with Crippen molar-refractivity contribution in [3.05, 3.63) is 0 Å². The normalized spacial score (nSPS) is 35.8. The SMILES string of the molecule is CCCCC1CCC2(CCC(=O)O2)CC1. The van der Waals surface area contributed by atoms with Crippen molar-refractivity contribution in [2.24, 2.45) is 5.92 Å². The number of carbonyl (C=O) groups excluding carboxylic acids is 1. The first-order valence-corrected chi connectivity index (χ1v) is 6.46. The molecule has 2 nitrogen and oxygen atoms in total. The molecule has 1 aliphatic heterocycles. The molecule has 0 aromatic rings. The summed E-state index contributed by atoms with van der Waals surface area (Å²) >= 11 is 0. The molecule has 0 atom stereocenters. The van der Waals surface area contributed by atoms with E-state index in [1.54, 1.807) is 0 Å². The molecule has 0 aromatic carbocycles. The molecule has 15 heavy (non-hydrogen) atoms. The van der Waals surface area contributed by atoms with Crippen molar-refractivity contribution in [3.8, 4) is 0 Å². The first-order chi connectivity index (χ1) is 7.24. The third kappa shape index (κ3) is 2.53. The Balaban J connectivity index is 1.79. The Labute approximate surface area is 92.4 Å². The lowest BCUT2D eigenvalue weighted by molar-refractivity contribution is -0.151. The van der Waals surface area contributed by atoms with Crippen LogP contribution >= 0.6 is 0 Å². The quantitative estimate of drug-likeness (QED) is 0.667. The molecule has 2 fully saturated rings. The van der Waals surface area contributed by atoms with E-state index in [1.165, 1.54) is 32.1 Å². The van der Waals surface area contributed by atoms with Crippen molar-refractivity contribution in [2.45, 2.75) is 70.3 Å². The van der Waals surface area contributed by atoms with Gasteiger partial charge in [0.2, 0.25) is 0 Å². The minimum absolute atomic E-state index is 0.0280. The maximum Gasteiger partial charge on any atom is 0.306 e. The topological polar surface area (TPSA) is 26.3 Å². The summed E-state index contributed by atoms with van der Waals surface area (Å²) in [5.41, 5.74) is -0.0280. The van der Waals surface area contributed by atoms with Crippen LogP contribution in [0.4, 0.5) is 0 Å². The molecule has 2 rings (SSSR count). The average molecular weight is 210 g/mol. The number of hydrogen-bond donors (Lipinski definition) is 0. The molecule has 86 valence electrons. The van der Waals surface area contributed by atoms with E-state index in [0.717, 1.165) is 25.2 Å². The first kappa shape index (κ1) is 11.0. The number of rotatable bonds is 3. The molecule has 2 heteroatoms. The maximum atomic E-state index is 11.1. The predicted molar refractivity (Wildman–Crippen MR) is 59.5 cm³/mol. The maximum absolute atomic E-state index is 11.1. The molecule has 0 N–H and O–H groups in total. The highest BCUT2D eigenvalue weighted by Crippen LogP contribution is 2.42. The van der Waals surface area contributed by atoms with Crippen LogP contribution in [0.3, 0.4) is 0 Å². The second-order valence-electron chi connectivity index (χ2n) is 5.24. The van der Waals surface area contributed by atoms with E-state index in [2.05, 4.69) is 6.92 Å². The summed E-state index contributed by atoms with van der Waals surface area (Å²) in [7, 11) is 0. The predicted octanol–water partition coefficient (Wildman–Crippen LogP) is 3.44. The highest BCUT2D eigenvalue weighted by atomic mass is 16.6. The van der Waals surface area contributed by atoms with E-state index in [1.807, 2.05) is 0 Å². The molecule has 0 unspecified atom stereocenters. The van der Waals surface area contributed by atoms with Crippen molar-refractivity contribution >= 4 is 5.97 Å². The second-order valence-corrected chi connectivity index (χ2v) is 5.24. The van der Waals surface area contributed by atoms with E-state index < -0.39 is 0 Å². The van der Waals surface area contributed by atoms with Crippen molar-refractivity contribution in [3.63, 3.8) is 0 Å². The Morgan fingerprint density at radius 2 is 2.07 bits per heavy atom. The molecule has 1 saturated carbocycles. The van der Waals surface area contributed by atoms with Gasteiger partial charge in [-0.15, -0.1) is 0 Å². The lowest BCUT2D eigenvalue weighted by Crippen LogP contribution is -2.33. The van der Waals surface area contributed by atoms with Gasteiger partial charge in [-0.25, -0.2) is 0 Å². The summed E-state index contributed by atoms with van der Waals surface area (Å²) in [6.07, 6.45) is 10.4. The van der Waals surface area contributed by atoms with Crippen molar-refractivity contribution in [1.82, 2.24) is 0 Å². The van der Waals surface area contributed by atoms with Crippen LogP contribution < -0.4 is 0 Å². The monoisotopic (exact) mass is 210 g/mol. The van der Waals surface area contributed by atoms with Crippen LogP contribution in [0.15, 0.2) is 0 Å². The Kier molecular flexibility index (Phi) is 3.32. The largest absolute Gasteiger partial charge is 0.459 e. The van der Waals surface area contributed by atoms with Crippen molar-refractivity contribution in [1.29, 1.82) is 0 Å². The lowest BCUT2D eigenvalue weighted by Gasteiger charge is -2.35. The van der Waals surface area contributed by atoms with Crippen LogP contribution in [0.5, 0.6) is 0 Å². The summed E-state index contributed by atoms with van der Waals surface area (Å²) in [5.74, 6) is 0.928. The summed E-state index contributed by atoms with van der Waals surface area (Å²) in [5, 5.41) is 0. The minimum atomic E-state index is -0.0280. The van der Waals surface area contributed by atoms with Gasteiger partial charge >= 0.3 is 5.97 Å². The number of unbranched alkanes of at least 4 members (excludes halogenated alkanes) is 1. The number of carbonyl (C=O) groups is 1. The highest BCUT2D eigenvalue weighted by Gasteiger charge is 2.42. The van der Waals surface area contributed by atoms with Gasteiger partial charge in [0, 0.05) is 6.42 Å². The van der Waals surface area contributed by atoms with Crippen molar-refractivity contribution < 1.29 is 9.53 Å². The van der Waals surface area contributed by atoms with E-state index in [9.17, 15) is 4.79 Å². The first-order valence-electron chi connectivity index (χ1n) is 6.46. The molecule has 0 bridgehead atoms. The number of hydrogen-bond acceptors (Lipinski definition) is 2. The summed E-state index contributed by atoms with van der Waals surface area (Å²) in [6, 6.07) is 0. The van der Waals surface area contributed by atoms with Crippen LogP contribution in [-0.2, 0) is 9.53 Å². The molecule has 1 saturated heterocycles. The van der Waals surface area contributed by atoms with E-state index in [0.29, 0.717) is 6.42 Å². The molecule has 0 radical (unpaired) electrons. The van der Waals surface area contributed by atoms with Gasteiger partial charge < -0.3 is 4.74 Å². The van der Waals surface area contributed by atoms with Gasteiger partial charge in [-0.1, -0.05) is 26.2 Å². The van der Waals surface area contributed by atoms with E-state index in [-0.39, 0.29) is 11.6 Å². The number of esters is 1. The molecule has 0 amide bonds. The number of ether oxygens (including phenoxy) is 1. The molecule has 1 heterocycles. The van der Waals surface area contributed by atoms with Gasteiger partial charge in [-0.2, -0.15) is 0 Å². The van der Waals surface area contributed by atoms with Crippen LogP contribution in [0.1, 0.15) is 64.7 Å². The van der Waals surface area contributed by atoms with E-state index in [4.69, 9.17) is 4.74 Å². The highest BCUT2D eigenvalue weighted by molar-refractivity contribution is 5.72. The lowest BCUT2D eigenvalue weighted by atomic mass is 9.76. The van der Waals surface area contributed by atoms with Crippen LogP contribution in [0, 0.1) is 5.92 Å². The second kappa shape index (κ2) is 4.54. The zero-order valence-electron chi connectivity index (χ0n) is 9.76.